The van der Waals surface area contributed by atoms with Crippen molar-refractivity contribution in [2.75, 3.05) is 13.2 Å². The zero-order chi connectivity index (χ0) is 12.4. The van der Waals surface area contributed by atoms with Gasteiger partial charge >= 0.3 is 11.9 Å². The number of hydrogen-bond donors (Lipinski definition) is 0. The van der Waals surface area contributed by atoms with Gasteiger partial charge in [-0.25, -0.2) is 9.59 Å². The van der Waals surface area contributed by atoms with Crippen molar-refractivity contribution in [1.82, 2.24) is 0 Å². The molecule has 0 aliphatic rings. The normalized spacial score (nSPS) is 11.3. The molecule has 0 aromatic heterocycles. The standard InChI is InChI=1S/C11H16O5/c1-4-14-10(12)6-7-16-9(3)8-11(13)15-5-2/h6-8H,4-5H2,1-3H3/b7-6+,9-8-. The van der Waals surface area contributed by atoms with Crippen LogP contribution in [0.3, 0.4) is 0 Å². The Hall–Kier alpha value is -1.78. The molecular weight excluding hydrogens is 212 g/mol. The summed E-state index contributed by atoms with van der Waals surface area (Å²) in [7, 11) is 0. The molecule has 0 unspecified atom stereocenters. The SMILES string of the molecule is CCOC(=O)/C=C(/C)O/C=C/C(=O)OCC. The minimum Gasteiger partial charge on any atom is -0.469 e. The van der Waals surface area contributed by atoms with E-state index in [9.17, 15) is 9.59 Å². The van der Waals surface area contributed by atoms with Gasteiger partial charge in [-0.1, -0.05) is 0 Å². The molecule has 0 bridgehead atoms. The quantitative estimate of drug-likeness (QED) is 0.392. The number of rotatable bonds is 6. The molecule has 0 fully saturated rings. The average molecular weight is 228 g/mol. The van der Waals surface area contributed by atoms with Crippen molar-refractivity contribution in [3.05, 3.63) is 24.2 Å². The van der Waals surface area contributed by atoms with Crippen LogP contribution in [0.5, 0.6) is 0 Å². The smallest absolute Gasteiger partial charge is 0.334 e. The van der Waals surface area contributed by atoms with E-state index in [1.54, 1.807) is 20.8 Å². The van der Waals surface area contributed by atoms with Gasteiger partial charge in [0.1, 0.15) is 5.76 Å². The Kier molecular flexibility index (Phi) is 7.57. The Morgan fingerprint density at radius 2 is 1.62 bits per heavy atom. The molecule has 0 atom stereocenters. The van der Waals surface area contributed by atoms with Crippen LogP contribution in [0.1, 0.15) is 20.8 Å². The van der Waals surface area contributed by atoms with Gasteiger partial charge in [0.25, 0.3) is 0 Å². The highest BCUT2D eigenvalue weighted by Crippen LogP contribution is 1.97. The lowest BCUT2D eigenvalue weighted by Gasteiger charge is -2.00. The van der Waals surface area contributed by atoms with Gasteiger partial charge in [-0.05, 0) is 20.8 Å². The molecule has 0 aromatic rings. The van der Waals surface area contributed by atoms with Crippen LogP contribution in [0.4, 0.5) is 0 Å². The van der Waals surface area contributed by atoms with Crippen LogP contribution >= 0.6 is 0 Å². The average Bonchev–Trinajstić information content (AvgIpc) is 2.18. The summed E-state index contributed by atoms with van der Waals surface area (Å²) in [4.78, 5) is 21.8. The van der Waals surface area contributed by atoms with Gasteiger partial charge in [-0.3, -0.25) is 0 Å². The summed E-state index contributed by atoms with van der Waals surface area (Å²) in [5.74, 6) is -0.644. The molecule has 0 spiro atoms. The topological polar surface area (TPSA) is 61.8 Å². The summed E-state index contributed by atoms with van der Waals surface area (Å²) in [6.45, 7) is 5.61. The fourth-order valence-electron chi connectivity index (χ4n) is 0.771. The number of ether oxygens (including phenoxy) is 3. The summed E-state index contributed by atoms with van der Waals surface area (Å²) in [6, 6.07) is 0. The van der Waals surface area contributed by atoms with Crippen molar-refractivity contribution in [2.45, 2.75) is 20.8 Å². The number of esters is 2. The fraction of sp³-hybridized carbons (Fsp3) is 0.455. The van der Waals surface area contributed by atoms with Crippen LogP contribution in [-0.2, 0) is 23.8 Å². The summed E-state index contributed by atoms with van der Waals surface area (Å²) in [6.07, 6.45) is 3.48. The number of carbonyl (C=O) groups excluding carboxylic acids is 2. The Labute approximate surface area is 94.7 Å². The largest absolute Gasteiger partial charge is 0.469 e. The van der Waals surface area contributed by atoms with Gasteiger partial charge < -0.3 is 14.2 Å². The molecule has 0 aliphatic carbocycles. The molecule has 0 saturated heterocycles. The molecule has 0 N–H and O–H groups in total. The summed E-state index contributed by atoms with van der Waals surface area (Å²) < 4.78 is 14.2. The second-order valence-electron chi connectivity index (χ2n) is 2.68. The maximum Gasteiger partial charge on any atom is 0.334 e. The molecule has 16 heavy (non-hydrogen) atoms. The van der Waals surface area contributed by atoms with E-state index in [-0.39, 0.29) is 0 Å². The van der Waals surface area contributed by atoms with Crippen molar-refractivity contribution in [3.63, 3.8) is 0 Å². The lowest BCUT2D eigenvalue weighted by atomic mass is 10.5. The zero-order valence-corrected chi connectivity index (χ0v) is 9.69. The van der Waals surface area contributed by atoms with Crippen molar-refractivity contribution in [3.8, 4) is 0 Å². The molecule has 5 heteroatoms. The lowest BCUT2D eigenvalue weighted by molar-refractivity contribution is -0.138. The third-order valence-electron chi connectivity index (χ3n) is 1.35. The second-order valence-corrected chi connectivity index (χ2v) is 2.68. The van der Waals surface area contributed by atoms with Gasteiger partial charge in [0.05, 0.1) is 31.6 Å². The van der Waals surface area contributed by atoms with Crippen molar-refractivity contribution < 1.29 is 23.8 Å². The van der Waals surface area contributed by atoms with Crippen LogP contribution in [0.15, 0.2) is 24.2 Å². The van der Waals surface area contributed by atoms with Crippen molar-refractivity contribution >= 4 is 11.9 Å². The van der Waals surface area contributed by atoms with Crippen LogP contribution in [-0.4, -0.2) is 25.2 Å². The molecule has 0 aliphatic heterocycles. The van der Waals surface area contributed by atoms with Gasteiger partial charge in [0.2, 0.25) is 0 Å². The molecule has 0 heterocycles. The van der Waals surface area contributed by atoms with E-state index in [1.165, 1.54) is 6.08 Å². The molecule has 0 saturated carbocycles. The Morgan fingerprint density at radius 3 is 2.19 bits per heavy atom. The first kappa shape index (κ1) is 14.2. The predicted octanol–water partition coefficient (Wildman–Crippen LogP) is 1.55. The highest BCUT2D eigenvalue weighted by atomic mass is 16.5. The number of hydrogen-bond acceptors (Lipinski definition) is 5. The molecular formula is C11H16O5. The lowest BCUT2D eigenvalue weighted by Crippen LogP contribution is -2.01. The first-order valence-electron chi connectivity index (χ1n) is 4.95. The summed E-state index contributed by atoms with van der Waals surface area (Å²) >= 11 is 0. The Balaban J connectivity index is 4.01. The predicted molar refractivity (Wildman–Crippen MR) is 57.2 cm³/mol. The first-order valence-corrected chi connectivity index (χ1v) is 4.95. The fourth-order valence-corrected chi connectivity index (χ4v) is 0.771. The molecule has 0 amide bonds. The number of allylic oxidation sites excluding steroid dienone is 1. The van der Waals surface area contributed by atoms with Gasteiger partial charge in [-0.2, -0.15) is 0 Å². The van der Waals surface area contributed by atoms with E-state index in [0.717, 1.165) is 12.3 Å². The third kappa shape index (κ3) is 7.61. The third-order valence-corrected chi connectivity index (χ3v) is 1.35. The molecule has 90 valence electrons. The van der Waals surface area contributed by atoms with Gasteiger partial charge in [-0.15, -0.1) is 0 Å². The molecule has 0 rings (SSSR count). The first-order chi connectivity index (χ1) is 7.60. The highest BCUT2D eigenvalue weighted by molar-refractivity contribution is 5.82. The summed E-state index contributed by atoms with van der Waals surface area (Å²) in [5, 5.41) is 0. The maximum atomic E-state index is 11.0. The van der Waals surface area contributed by atoms with Crippen LogP contribution < -0.4 is 0 Å². The Bertz CT molecular complexity index is 291. The van der Waals surface area contributed by atoms with E-state index >= 15 is 0 Å². The van der Waals surface area contributed by atoms with Gasteiger partial charge in [0.15, 0.2) is 0 Å². The summed E-state index contributed by atoms with van der Waals surface area (Å²) in [5.41, 5.74) is 0. The van der Waals surface area contributed by atoms with Gasteiger partial charge in [0, 0.05) is 0 Å². The van der Waals surface area contributed by atoms with Crippen LogP contribution in [0.2, 0.25) is 0 Å². The Morgan fingerprint density at radius 1 is 1.06 bits per heavy atom. The second kappa shape index (κ2) is 8.52. The van der Waals surface area contributed by atoms with E-state index in [1.807, 2.05) is 0 Å². The van der Waals surface area contributed by atoms with Crippen LogP contribution in [0, 0.1) is 0 Å². The monoisotopic (exact) mass is 228 g/mol. The van der Waals surface area contributed by atoms with Crippen molar-refractivity contribution in [2.24, 2.45) is 0 Å². The van der Waals surface area contributed by atoms with E-state index in [2.05, 4.69) is 9.47 Å². The minimum atomic E-state index is -0.494. The maximum absolute atomic E-state index is 11.0. The zero-order valence-electron chi connectivity index (χ0n) is 9.69. The van der Waals surface area contributed by atoms with Crippen molar-refractivity contribution in [1.29, 1.82) is 0 Å². The molecule has 0 aromatic carbocycles. The van der Waals surface area contributed by atoms with E-state index in [0.29, 0.717) is 19.0 Å². The van der Waals surface area contributed by atoms with E-state index in [4.69, 9.17) is 4.74 Å². The molecule has 5 nitrogen and oxygen atoms in total. The highest BCUT2D eigenvalue weighted by Gasteiger charge is 1.98. The number of carbonyl (C=O) groups is 2. The molecule has 0 radical (unpaired) electrons. The minimum absolute atomic E-state index is 0.306. The van der Waals surface area contributed by atoms with Crippen LogP contribution in [0.25, 0.3) is 0 Å². The van der Waals surface area contributed by atoms with E-state index < -0.39 is 11.9 Å².